The molecule has 0 unspecified atom stereocenters. The van der Waals surface area contributed by atoms with Crippen molar-refractivity contribution in [2.45, 2.75) is 27.3 Å². The first-order valence-corrected chi connectivity index (χ1v) is 12.7. The van der Waals surface area contributed by atoms with Crippen molar-refractivity contribution in [1.29, 1.82) is 0 Å². The van der Waals surface area contributed by atoms with Gasteiger partial charge >= 0.3 is 0 Å². The number of fused-ring (bicyclic) bond motifs is 1. The lowest BCUT2D eigenvalue weighted by molar-refractivity contribution is 0.101. The fraction of sp³-hybridized carbons (Fsp3) is 0.476. The van der Waals surface area contributed by atoms with Gasteiger partial charge in [-0.3, -0.25) is 9.48 Å². The van der Waals surface area contributed by atoms with Gasteiger partial charge in [0.05, 0.1) is 13.2 Å². The number of sulfone groups is 1. The number of carbonyl (C=O) groups is 1. The van der Waals surface area contributed by atoms with Gasteiger partial charge in [0.25, 0.3) is 0 Å². The molecule has 0 atom stereocenters. The third-order valence-electron chi connectivity index (χ3n) is 4.86. The van der Waals surface area contributed by atoms with Gasteiger partial charge in [-0.15, -0.1) is 0 Å². The Balaban J connectivity index is 2.23. The van der Waals surface area contributed by atoms with Gasteiger partial charge in [0.15, 0.2) is 27.1 Å². The van der Waals surface area contributed by atoms with Crippen LogP contribution in [0.25, 0.3) is 11.0 Å². The van der Waals surface area contributed by atoms with Gasteiger partial charge in [0.1, 0.15) is 22.6 Å². The Morgan fingerprint density at radius 2 is 2.03 bits per heavy atom. The maximum atomic E-state index is 12.9. The van der Waals surface area contributed by atoms with Crippen LogP contribution in [0.3, 0.4) is 0 Å². The van der Waals surface area contributed by atoms with Gasteiger partial charge < -0.3 is 15.0 Å². The highest BCUT2D eigenvalue weighted by molar-refractivity contribution is 7.91. The summed E-state index contributed by atoms with van der Waals surface area (Å²) >= 11 is 0. The standard InChI is InChI=1S/C21H29N7O4S/c1-6-27(4)21-24-18-17(15(29)13-33(5,30)31)26-28(10-11-32-7-2)19(18)20(25-21)23-16-12-14(3)8-9-22-16/h8-9,12H,6-7,10-11,13H2,1-5H3,(H,22,23,24,25). The van der Waals surface area contributed by atoms with Crippen LogP contribution in [0.1, 0.15) is 29.9 Å². The number of aromatic nitrogens is 5. The van der Waals surface area contributed by atoms with E-state index in [0.717, 1.165) is 11.8 Å². The number of Topliss-reactive ketones (excluding diaryl/α,β-unsaturated/α-hetero) is 1. The molecule has 0 saturated heterocycles. The van der Waals surface area contributed by atoms with E-state index < -0.39 is 21.4 Å². The normalized spacial score (nSPS) is 11.7. The molecular weight excluding hydrogens is 446 g/mol. The lowest BCUT2D eigenvalue weighted by atomic mass is 10.2. The molecule has 178 valence electrons. The minimum absolute atomic E-state index is 0.0136. The largest absolute Gasteiger partial charge is 0.380 e. The second-order valence-corrected chi connectivity index (χ2v) is 9.83. The van der Waals surface area contributed by atoms with E-state index in [0.29, 0.717) is 49.4 Å². The molecule has 3 rings (SSSR count). The number of hydrogen-bond donors (Lipinski definition) is 1. The Kier molecular flexibility index (Phi) is 7.59. The predicted octanol–water partition coefficient (Wildman–Crippen LogP) is 1.99. The number of rotatable bonds is 11. The summed E-state index contributed by atoms with van der Waals surface area (Å²) < 4.78 is 30.6. The first-order valence-electron chi connectivity index (χ1n) is 10.6. The molecule has 0 fully saturated rings. The molecule has 0 aliphatic carbocycles. The van der Waals surface area contributed by atoms with E-state index in [1.54, 1.807) is 10.9 Å². The third kappa shape index (κ3) is 6.02. The van der Waals surface area contributed by atoms with E-state index >= 15 is 0 Å². The molecule has 0 amide bonds. The average Bonchev–Trinajstić information content (AvgIpc) is 3.11. The number of ether oxygens (including phenoxy) is 1. The molecule has 0 aromatic carbocycles. The molecule has 3 aromatic heterocycles. The first kappa shape index (κ1) is 24.5. The van der Waals surface area contributed by atoms with Gasteiger partial charge in [-0.05, 0) is 38.5 Å². The van der Waals surface area contributed by atoms with Crippen molar-refractivity contribution < 1.29 is 17.9 Å². The summed E-state index contributed by atoms with van der Waals surface area (Å²) in [6.07, 6.45) is 2.70. The minimum Gasteiger partial charge on any atom is -0.380 e. The number of nitrogens with zero attached hydrogens (tertiary/aromatic N) is 6. The van der Waals surface area contributed by atoms with E-state index in [-0.39, 0.29) is 11.2 Å². The maximum absolute atomic E-state index is 12.9. The van der Waals surface area contributed by atoms with Gasteiger partial charge in [-0.2, -0.15) is 10.1 Å². The average molecular weight is 476 g/mol. The SMILES string of the molecule is CCOCCn1nc(C(=O)CS(C)(=O)=O)c2nc(N(C)CC)nc(Nc3cc(C)ccn3)c21. The second kappa shape index (κ2) is 10.2. The Morgan fingerprint density at radius 1 is 1.27 bits per heavy atom. The molecular formula is C21H29N7O4S. The monoisotopic (exact) mass is 475 g/mol. The van der Waals surface area contributed by atoms with Gasteiger partial charge in [0.2, 0.25) is 5.95 Å². The number of nitrogens with one attached hydrogen (secondary N) is 1. The van der Waals surface area contributed by atoms with E-state index in [2.05, 4.69) is 25.4 Å². The summed E-state index contributed by atoms with van der Waals surface area (Å²) in [5.74, 6) is 0.0758. The minimum atomic E-state index is -3.55. The van der Waals surface area contributed by atoms with Crippen LogP contribution in [-0.4, -0.2) is 77.7 Å². The lowest BCUT2D eigenvalue weighted by Gasteiger charge is -2.17. The number of hydrogen-bond acceptors (Lipinski definition) is 10. The Labute approximate surface area is 193 Å². The van der Waals surface area contributed by atoms with Crippen LogP contribution in [0.4, 0.5) is 17.6 Å². The quantitative estimate of drug-likeness (QED) is 0.324. The number of anilines is 3. The summed E-state index contributed by atoms with van der Waals surface area (Å²) in [6.45, 7) is 7.62. The summed E-state index contributed by atoms with van der Waals surface area (Å²) in [4.78, 5) is 28.3. The molecule has 0 bridgehead atoms. The number of pyridine rings is 1. The molecule has 12 heteroatoms. The van der Waals surface area contributed by atoms with Crippen molar-refractivity contribution in [2.75, 3.05) is 49.0 Å². The van der Waals surface area contributed by atoms with Crippen LogP contribution in [0, 0.1) is 6.92 Å². The van der Waals surface area contributed by atoms with Crippen LogP contribution in [0.15, 0.2) is 18.3 Å². The highest BCUT2D eigenvalue weighted by Gasteiger charge is 2.26. The zero-order valence-corrected chi connectivity index (χ0v) is 20.3. The van der Waals surface area contributed by atoms with E-state index in [4.69, 9.17) is 4.74 Å². The van der Waals surface area contributed by atoms with Crippen LogP contribution in [0.5, 0.6) is 0 Å². The maximum Gasteiger partial charge on any atom is 0.227 e. The predicted molar refractivity (Wildman–Crippen MR) is 127 cm³/mol. The van der Waals surface area contributed by atoms with E-state index in [1.807, 2.05) is 44.9 Å². The number of aryl methyl sites for hydroxylation is 1. The smallest absolute Gasteiger partial charge is 0.227 e. The molecule has 3 aromatic rings. The topological polar surface area (TPSA) is 132 Å². The molecule has 33 heavy (non-hydrogen) atoms. The van der Waals surface area contributed by atoms with Gasteiger partial charge in [-0.1, -0.05) is 0 Å². The first-order chi connectivity index (χ1) is 15.6. The van der Waals surface area contributed by atoms with Gasteiger partial charge in [-0.25, -0.2) is 18.4 Å². The summed E-state index contributed by atoms with van der Waals surface area (Å²) in [5.41, 5.74) is 1.75. The highest BCUT2D eigenvalue weighted by Crippen LogP contribution is 2.29. The Morgan fingerprint density at radius 3 is 2.67 bits per heavy atom. The molecule has 11 nitrogen and oxygen atoms in total. The molecule has 0 aliphatic heterocycles. The van der Waals surface area contributed by atoms with Crippen molar-refractivity contribution in [1.82, 2.24) is 24.7 Å². The Bertz CT molecular complexity index is 1260. The van der Waals surface area contributed by atoms with Crippen LogP contribution < -0.4 is 10.2 Å². The van der Waals surface area contributed by atoms with Crippen molar-refractivity contribution in [3.8, 4) is 0 Å². The van der Waals surface area contributed by atoms with Crippen molar-refractivity contribution in [3.63, 3.8) is 0 Å². The molecule has 0 spiro atoms. The molecule has 0 saturated carbocycles. The van der Waals surface area contributed by atoms with Crippen molar-refractivity contribution in [3.05, 3.63) is 29.6 Å². The fourth-order valence-electron chi connectivity index (χ4n) is 3.15. The third-order valence-corrected chi connectivity index (χ3v) is 5.65. The second-order valence-electron chi connectivity index (χ2n) is 7.69. The zero-order chi connectivity index (χ0) is 24.2. The van der Waals surface area contributed by atoms with Crippen molar-refractivity contribution >= 4 is 44.2 Å². The Hall–Kier alpha value is -3.12. The summed E-state index contributed by atoms with van der Waals surface area (Å²) in [6, 6.07) is 3.75. The summed E-state index contributed by atoms with van der Waals surface area (Å²) in [5, 5.41) is 7.65. The van der Waals surface area contributed by atoms with E-state index in [1.165, 1.54) is 0 Å². The fourth-order valence-corrected chi connectivity index (χ4v) is 3.76. The zero-order valence-electron chi connectivity index (χ0n) is 19.5. The van der Waals surface area contributed by atoms with Crippen molar-refractivity contribution in [2.24, 2.45) is 0 Å². The lowest BCUT2D eigenvalue weighted by Crippen LogP contribution is -2.20. The molecule has 3 heterocycles. The van der Waals surface area contributed by atoms with Crippen LogP contribution in [-0.2, 0) is 21.1 Å². The summed E-state index contributed by atoms with van der Waals surface area (Å²) in [7, 11) is -1.72. The molecule has 1 N–H and O–H groups in total. The molecule has 0 aliphatic rings. The van der Waals surface area contributed by atoms with Crippen LogP contribution in [0.2, 0.25) is 0 Å². The highest BCUT2D eigenvalue weighted by atomic mass is 32.2. The van der Waals surface area contributed by atoms with E-state index in [9.17, 15) is 13.2 Å². The van der Waals surface area contributed by atoms with Gasteiger partial charge in [0, 0.05) is 32.7 Å². The molecule has 0 radical (unpaired) electrons. The van der Waals surface area contributed by atoms with Crippen LogP contribution >= 0.6 is 0 Å². The number of carbonyl (C=O) groups excluding carboxylic acids is 1. The number of ketones is 1.